The Morgan fingerprint density at radius 1 is 1.00 bits per heavy atom. The van der Waals surface area contributed by atoms with Crippen molar-refractivity contribution in [1.82, 2.24) is 0 Å². The first-order chi connectivity index (χ1) is 9.39. The average Bonchev–Trinajstić information content (AvgIpc) is 2.40. The highest BCUT2D eigenvalue weighted by Crippen LogP contribution is 2.40. The second-order valence-electron chi connectivity index (χ2n) is 4.00. The number of nitrogens with zero attached hydrogens (tertiary/aromatic N) is 1. The molecule has 2 N–H and O–H groups in total. The van der Waals surface area contributed by atoms with E-state index in [2.05, 4.69) is 4.99 Å². The molecule has 0 bridgehead atoms. The summed E-state index contributed by atoms with van der Waals surface area (Å²) in [5.41, 5.74) is 4.98. The van der Waals surface area contributed by atoms with Gasteiger partial charge >= 0.3 is 6.18 Å². The zero-order valence-electron chi connectivity index (χ0n) is 10.2. The fraction of sp³-hybridized carbons (Fsp3) is 0.0714. The lowest BCUT2D eigenvalue weighted by Gasteiger charge is -2.11. The van der Waals surface area contributed by atoms with E-state index in [4.69, 9.17) is 17.3 Å². The molecule has 0 unspecified atom stereocenters. The lowest BCUT2D eigenvalue weighted by atomic mass is 10.1. The Morgan fingerprint density at radius 2 is 1.65 bits per heavy atom. The van der Waals surface area contributed by atoms with Crippen LogP contribution < -0.4 is 5.73 Å². The molecule has 2 aromatic carbocycles. The van der Waals surface area contributed by atoms with Crippen LogP contribution in [0.25, 0.3) is 0 Å². The molecular formula is C14H10ClF3N2. The molecule has 0 atom stereocenters. The summed E-state index contributed by atoms with van der Waals surface area (Å²) in [7, 11) is 0. The van der Waals surface area contributed by atoms with E-state index in [0.29, 0.717) is 5.56 Å². The second-order valence-corrected chi connectivity index (χ2v) is 4.40. The molecule has 2 rings (SSSR count). The van der Waals surface area contributed by atoms with Gasteiger partial charge in [-0.1, -0.05) is 48.0 Å². The van der Waals surface area contributed by atoms with Crippen LogP contribution in [-0.2, 0) is 6.18 Å². The van der Waals surface area contributed by atoms with Gasteiger partial charge in [0.15, 0.2) is 0 Å². The number of hydrogen-bond donors (Lipinski definition) is 1. The van der Waals surface area contributed by atoms with Gasteiger partial charge in [-0.3, -0.25) is 0 Å². The molecular weight excluding hydrogens is 289 g/mol. The summed E-state index contributed by atoms with van der Waals surface area (Å²) in [5, 5.41) is -0.0984. The minimum atomic E-state index is -4.54. The van der Waals surface area contributed by atoms with Crippen LogP contribution in [0.15, 0.2) is 53.5 Å². The normalized spacial score (nSPS) is 12.5. The van der Waals surface area contributed by atoms with E-state index in [0.717, 1.165) is 6.07 Å². The molecule has 0 heterocycles. The van der Waals surface area contributed by atoms with Gasteiger partial charge in [-0.15, -0.1) is 0 Å². The standard InChI is InChI=1S/C14H10ClF3N2/c15-11-8-4-7-10(14(16,17)18)12(11)20-13(19)9-5-2-1-3-6-9/h1-8H,(H2,19,20). The third kappa shape index (κ3) is 3.11. The van der Waals surface area contributed by atoms with Crippen molar-refractivity contribution in [2.24, 2.45) is 10.7 Å². The van der Waals surface area contributed by atoms with Crippen LogP contribution in [-0.4, -0.2) is 5.84 Å². The quantitative estimate of drug-likeness (QED) is 0.648. The maximum absolute atomic E-state index is 12.9. The van der Waals surface area contributed by atoms with E-state index < -0.39 is 11.7 Å². The topological polar surface area (TPSA) is 38.4 Å². The van der Waals surface area contributed by atoms with Gasteiger partial charge in [0.05, 0.1) is 16.3 Å². The molecule has 2 aromatic rings. The molecule has 6 heteroatoms. The largest absolute Gasteiger partial charge is 0.418 e. The predicted octanol–water partition coefficient (Wildman–Crippen LogP) is 4.40. The number of hydrogen-bond acceptors (Lipinski definition) is 1. The number of nitrogens with two attached hydrogens (primary N) is 1. The Balaban J connectivity index is 2.54. The van der Waals surface area contributed by atoms with Gasteiger partial charge in [0, 0.05) is 5.56 Å². The molecule has 0 saturated heterocycles. The van der Waals surface area contributed by atoms with Gasteiger partial charge in [0.2, 0.25) is 0 Å². The van der Waals surface area contributed by atoms with E-state index in [-0.39, 0.29) is 16.5 Å². The van der Waals surface area contributed by atoms with Crippen molar-refractivity contribution in [3.8, 4) is 0 Å². The molecule has 20 heavy (non-hydrogen) atoms. The summed E-state index contributed by atoms with van der Waals surface area (Å²) in [6.07, 6.45) is -4.54. The average molecular weight is 299 g/mol. The summed E-state index contributed by atoms with van der Waals surface area (Å²) < 4.78 is 38.7. The highest BCUT2D eigenvalue weighted by molar-refractivity contribution is 6.33. The summed E-state index contributed by atoms with van der Waals surface area (Å²) in [4.78, 5) is 3.84. The Morgan fingerprint density at radius 3 is 2.25 bits per heavy atom. The van der Waals surface area contributed by atoms with E-state index in [1.807, 2.05) is 0 Å². The second kappa shape index (κ2) is 5.54. The van der Waals surface area contributed by atoms with Crippen molar-refractivity contribution in [3.63, 3.8) is 0 Å². The van der Waals surface area contributed by atoms with Gasteiger partial charge in [0.25, 0.3) is 0 Å². The molecule has 0 aromatic heterocycles. The third-order valence-corrected chi connectivity index (χ3v) is 2.90. The van der Waals surface area contributed by atoms with Crippen LogP contribution in [0, 0.1) is 0 Å². The van der Waals surface area contributed by atoms with Crippen molar-refractivity contribution in [2.75, 3.05) is 0 Å². The molecule has 0 spiro atoms. The Kier molecular flexibility index (Phi) is 3.99. The zero-order valence-corrected chi connectivity index (χ0v) is 10.9. The third-order valence-electron chi connectivity index (χ3n) is 2.59. The Labute approximate surface area is 118 Å². The molecule has 0 aliphatic heterocycles. The summed E-state index contributed by atoms with van der Waals surface area (Å²) in [6.45, 7) is 0. The number of amidine groups is 1. The predicted molar refractivity (Wildman–Crippen MR) is 73.3 cm³/mol. The molecule has 2 nitrogen and oxygen atoms in total. The SMILES string of the molecule is NC(=Nc1c(Cl)cccc1C(F)(F)F)c1ccccc1. The van der Waals surface area contributed by atoms with Crippen LogP contribution in [0.3, 0.4) is 0 Å². The van der Waals surface area contributed by atoms with Crippen molar-refractivity contribution in [3.05, 3.63) is 64.7 Å². The first kappa shape index (κ1) is 14.4. The molecule has 0 aliphatic carbocycles. The number of aliphatic imine (C=N–C) groups is 1. The van der Waals surface area contributed by atoms with Crippen molar-refractivity contribution < 1.29 is 13.2 Å². The Hall–Kier alpha value is -2.01. The summed E-state index contributed by atoms with van der Waals surface area (Å²) in [6, 6.07) is 12.0. The van der Waals surface area contributed by atoms with Gasteiger partial charge < -0.3 is 5.73 Å². The lowest BCUT2D eigenvalue weighted by molar-refractivity contribution is -0.137. The molecule has 0 fully saturated rings. The molecule has 104 valence electrons. The molecule has 0 radical (unpaired) electrons. The fourth-order valence-electron chi connectivity index (χ4n) is 1.65. The van der Waals surface area contributed by atoms with Gasteiger partial charge in [-0.2, -0.15) is 13.2 Å². The lowest BCUT2D eigenvalue weighted by Crippen LogP contribution is -2.13. The number of benzene rings is 2. The van der Waals surface area contributed by atoms with Crippen LogP contribution in [0.1, 0.15) is 11.1 Å². The highest BCUT2D eigenvalue weighted by Gasteiger charge is 2.34. The number of halogens is 4. The van der Waals surface area contributed by atoms with Gasteiger partial charge in [0.1, 0.15) is 5.84 Å². The van der Waals surface area contributed by atoms with Gasteiger partial charge in [-0.05, 0) is 12.1 Å². The van der Waals surface area contributed by atoms with Crippen LogP contribution in [0.5, 0.6) is 0 Å². The van der Waals surface area contributed by atoms with E-state index in [1.54, 1.807) is 30.3 Å². The maximum atomic E-state index is 12.9. The maximum Gasteiger partial charge on any atom is 0.418 e. The van der Waals surface area contributed by atoms with E-state index in [1.165, 1.54) is 12.1 Å². The molecule has 0 aliphatic rings. The Bertz CT molecular complexity index is 637. The number of para-hydroxylation sites is 1. The summed E-state index contributed by atoms with van der Waals surface area (Å²) >= 11 is 5.80. The summed E-state index contributed by atoms with van der Waals surface area (Å²) in [5.74, 6) is -0.0239. The van der Waals surface area contributed by atoms with Crippen molar-refractivity contribution in [2.45, 2.75) is 6.18 Å². The number of alkyl halides is 3. The first-order valence-electron chi connectivity index (χ1n) is 5.65. The minimum absolute atomic E-state index is 0.0239. The fourth-order valence-corrected chi connectivity index (χ4v) is 1.87. The molecule has 0 saturated carbocycles. The van der Waals surface area contributed by atoms with Crippen LogP contribution >= 0.6 is 11.6 Å². The van der Waals surface area contributed by atoms with E-state index in [9.17, 15) is 13.2 Å². The first-order valence-corrected chi connectivity index (χ1v) is 6.02. The van der Waals surface area contributed by atoms with Crippen LogP contribution in [0.2, 0.25) is 5.02 Å². The monoisotopic (exact) mass is 298 g/mol. The van der Waals surface area contributed by atoms with Crippen LogP contribution in [0.4, 0.5) is 18.9 Å². The number of rotatable bonds is 2. The molecule has 0 amide bonds. The smallest absolute Gasteiger partial charge is 0.383 e. The van der Waals surface area contributed by atoms with E-state index >= 15 is 0 Å². The van der Waals surface area contributed by atoms with Crippen molar-refractivity contribution in [1.29, 1.82) is 0 Å². The van der Waals surface area contributed by atoms with Gasteiger partial charge in [-0.25, -0.2) is 4.99 Å². The van der Waals surface area contributed by atoms with Crippen molar-refractivity contribution >= 4 is 23.1 Å². The highest BCUT2D eigenvalue weighted by atomic mass is 35.5. The minimum Gasteiger partial charge on any atom is -0.383 e. The zero-order chi connectivity index (χ0) is 14.8.